The van der Waals surface area contributed by atoms with Gasteiger partial charge >= 0.3 is 6.03 Å². The van der Waals surface area contributed by atoms with E-state index in [4.69, 9.17) is 11.6 Å². The number of rotatable bonds is 3. The molecule has 0 atom stereocenters. The fraction of sp³-hybridized carbons (Fsp3) is 0.235. The minimum absolute atomic E-state index is 0.257. The van der Waals surface area contributed by atoms with Crippen molar-refractivity contribution in [2.75, 3.05) is 5.32 Å². The van der Waals surface area contributed by atoms with Gasteiger partial charge in [-0.1, -0.05) is 41.9 Å². The molecule has 0 heterocycles. The summed E-state index contributed by atoms with van der Waals surface area (Å²) in [6, 6.07) is 11.5. The molecule has 2 aromatic carbocycles. The number of urea groups is 1. The summed E-state index contributed by atoms with van der Waals surface area (Å²) in [4.78, 5) is 12.0. The van der Waals surface area contributed by atoms with E-state index in [9.17, 15) is 4.79 Å². The summed E-state index contributed by atoms with van der Waals surface area (Å²) in [5.41, 5.74) is 4.93. The zero-order valence-electron chi connectivity index (χ0n) is 12.5. The van der Waals surface area contributed by atoms with Crippen LogP contribution in [0.1, 0.15) is 22.3 Å². The number of hydrogen-bond acceptors (Lipinski definition) is 1. The summed E-state index contributed by atoms with van der Waals surface area (Å²) in [6.45, 7) is 6.41. The van der Waals surface area contributed by atoms with Gasteiger partial charge in [0.15, 0.2) is 0 Å². The molecule has 2 amide bonds. The van der Waals surface area contributed by atoms with E-state index in [1.807, 2.05) is 57.2 Å². The fourth-order valence-electron chi connectivity index (χ4n) is 2.22. The van der Waals surface area contributed by atoms with Crippen LogP contribution in [0.5, 0.6) is 0 Å². The molecule has 0 radical (unpaired) electrons. The minimum atomic E-state index is -0.257. The van der Waals surface area contributed by atoms with Crippen LogP contribution in [0.4, 0.5) is 10.5 Å². The summed E-state index contributed by atoms with van der Waals surface area (Å²) in [5, 5.41) is 6.22. The van der Waals surface area contributed by atoms with Gasteiger partial charge in [-0.2, -0.15) is 0 Å². The zero-order chi connectivity index (χ0) is 15.4. The smallest absolute Gasteiger partial charge is 0.319 e. The lowest BCUT2D eigenvalue weighted by atomic mass is 10.1. The van der Waals surface area contributed by atoms with E-state index < -0.39 is 0 Å². The number of carbonyl (C=O) groups excluding carboxylic acids is 1. The van der Waals surface area contributed by atoms with Gasteiger partial charge in [0.25, 0.3) is 0 Å². The summed E-state index contributed by atoms with van der Waals surface area (Å²) in [5.74, 6) is 0. The number of benzene rings is 2. The highest BCUT2D eigenvalue weighted by atomic mass is 35.5. The Balaban J connectivity index is 2.01. The lowest BCUT2D eigenvalue weighted by Gasteiger charge is -2.13. The number of amides is 2. The van der Waals surface area contributed by atoms with Gasteiger partial charge in [-0.25, -0.2) is 4.79 Å². The van der Waals surface area contributed by atoms with Crippen LogP contribution in [-0.4, -0.2) is 6.03 Å². The number of nitrogens with one attached hydrogen (secondary N) is 2. The van der Waals surface area contributed by atoms with Crippen molar-refractivity contribution in [3.63, 3.8) is 0 Å². The van der Waals surface area contributed by atoms with Gasteiger partial charge in [0.1, 0.15) is 0 Å². The molecule has 0 saturated heterocycles. The van der Waals surface area contributed by atoms with E-state index in [0.29, 0.717) is 17.3 Å². The number of carbonyl (C=O) groups is 1. The van der Waals surface area contributed by atoms with Crippen LogP contribution in [0, 0.1) is 20.8 Å². The lowest BCUT2D eigenvalue weighted by molar-refractivity contribution is 0.251. The van der Waals surface area contributed by atoms with Crippen LogP contribution >= 0.6 is 11.6 Å². The van der Waals surface area contributed by atoms with Gasteiger partial charge in [0.05, 0.1) is 10.7 Å². The Bertz CT molecular complexity index is 645. The van der Waals surface area contributed by atoms with E-state index in [2.05, 4.69) is 10.6 Å². The first kappa shape index (κ1) is 15.4. The average molecular weight is 303 g/mol. The lowest BCUT2D eigenvalue weighted by Crippen LogP contribution is -2.28. The van der Waals surface area contributed by atoms with Gasteiger partial charge in [0, 0.05) is 6.54 Å². The highest BCUT2D eigenvalue weighted by Crippen LogP contribution is 2.27. The molecule has 0 aliphatic rings. The molecule has 110 valence electrons. The largest absolute Gasteiger partial charge is 0.334 e. The predicted octanol–water partition coefficient (Wildman–Crippen LogP) is 4.59. The third kappa shape index (κ3) is 3.99. The predicted molar refractivity (Wildman–Crippen MR) is 88.0 cm³/mol. The van der Waals surface area contributed by atoms with Crippen LogP contribution < -0.4 is 10.6 Å². The van der Waals surface area contributed by atoms with Crippen molar-refractivity contribution in [3.05, 3.63) is 63.7 Å². The van der Waals surface area contributed by atoms with Crippen LogP contribution in [0.2, 0.25) is 5.02 Å². The third-order valence-electron chi connectivity index (χ3n) is 3.37. The fourth-order valence-corrected chi connectivity index (χ4v) is 2.58. The molecule has 4 heteroatoms. The average Bonchev–Trinajstić information content (AvgIpc) is 2.42. The molecule has 0 bridgehead atoms. The summed E-state index contributed by atoms with van der Waals surface area (Å²) >= 11 is 6.18. The van der Waals surface area contributed by atoms with E-state index in [-0.39, 0.29) is 6.03 Å². The van der Waals surface area contributed by atoms with Gasteiger partial charge < -0.3 is 10.6 Å². The normalized spacial score (nSPS) is 10.3. The Morgan fingerprint density at radius 3 is 2.48 bits per heavy atom. The highest BCUT2D eigenvalue weighted by Gasteiger charge is 2.09. The van der Waals surface area contributed by atoms with Crippen molar-refractivity contribution >= 4 is 23.3 Å². The molecule has 0 fully saturated rings. The van der Waals surface area contributed by atoms with Gasteiger partial charge in [0.2, 0.25) is 0 Å². The quantitative estimate of drug-likeness (QED) is 0.855. The third-order valence-corrected chi connectivity index (χ3v) is 3.67. The first-order chi connectivity index (χ1) is 9.97. The Labute approximate surface area is 130 Å². The number of anilines is 1. The maximum absolute atomic E-state index is 12.0. The molecule has 3 nitrogen and oxygen atoms in total. The highest BCUT2D eigenvalue weighted by molar-refractivity contribution is 6.34. The molecular formula is C17H19ClN2O. The molecule has 0 aliphatic carbocycles. The topological polar surface area (TPSA) is 41.1 Å². The Morgan fingerprint density at radius 1 is 1.10 bits per heavy atom. The van der Waals surface area contributed by atoms with Crippen LogP contribution in [0.3, 0.4) is 0 Å². The minimum Gasteiger partial charge on any atom is -0.334 e. The van der Waals surface area contributed by atoms with Crippen molar-refractivity contribution in [1.29, 1.82) is 0 Å². The molecule has 0 saturated carbocycles. The second-order valence-corrected chi connectivity index (χ2v) is 5.58. The van der Waals surface area contributed by atoms with Crippen molar-refractivity contribution in [2.24, 2.45) is 0 Å². The van der Waals surface area contributed by atoms with Gasteiger partial charge in [-0.15, -0.1) is 0 Å². The summed E-state index contributed by atoms with van der Waals surface area (Å²) in [6.07, 6.45) is 0. The van der Waals surface area contributed by atoms with Crippen LogP contribution in [0.15, 0.2) is 36.4 Å². The molecular weight excluding hydrogens is 284 g/mol. The molecule has 2 N–H and O–H groups in total. The first-order valence-corrected chi connectivity index (χ1v) is 7.21. The van der Waals surface area contributed by atoms with Crippen LogP contribution in [0.25, 0.3) is 0 Å². The van der Waals surface area contributed by atoms with Crippen molar-refractivity contribution in [1.82, 2.24) is 5.32 Å². The second-order valence-electron chi connectivity index (χ2n) is 5.17. The van der Waals surface area contributed by atoms with E-state index >= 15 is 0 Å². The molecule has 21 heavy (non-hydrogen) atoms. The first-order valence-electron chi connectivity index (χ1n) is 6.83. The van der Waals surface area contributed by atoms with E-state index in [0.717, 1.165) is 22.3 Å². The van der Waals surface area contributed by atoms with Crippen molar-refractivity contribution in [2.45, 2.75) is 27.3 Å². The summed E-state index contributed by atoms with van der Waals surface area (Å²) in [7, 11) is 0. The molecule has 0 aromatic heterocycles. The number of hydrogen-bond donors (Lipinski definition) is 2. The van der Waals surface area contributed by atoms with Crippen molar-refractivity contribution < 1.29 is 4.79 Å². The number of halogens is 1. The maximum atomic E-state index is 12.0. The molecule has 2 rings (SSSR count). The SMILES string of the molecule is Cc1cc(C)c(NC(=O)NCc2ccccc2C)c(Cl)c1. The Morgan fingerprint density at radius 2 is 1.81 bits per heavy atom. The zero-order valence-corrected chi connectivity index (χ0v) is 13.2. The van der Waals surface area contributed by atoms with Crippen LogP contribution in [-0.2, 0) is 6.54 Å². The second kappa shape index (κ2) is 6.64. The monoisotopic (exact) mass is 302 g/mol. The molecule has 2 aromatic rings. The molecule has 0 spiro atoms. The van der Waals surface area contributed by atoms with Gasteiger partial charge in [-0.3, -0.25) is 0 Å². The summed E-state index contributed by atoms with van der Waals surface area (Å²) < 4.78 is 0. The maximum Gasteiger partial charge on any atom is 0.319 e. The Kier molecular flexibility index (Phi) is 4.86. The standard InChI is InChI=1S/C17H19ClN2O/c1-11-8-13(3)16(15(18)9-11)20-17(21)19-10-14-7-5-4-6-12(14)2/h4-9H,10H2,1-3H3,(H2,19,20,21). The number of aryl methyl sites for hydroxylation is 3. The Hall–Kier alpha value is -2.00. The van der Waals surface area contributed by atoms with E-state index in [1.54, 1.807) is 0 Å². The molecule has 0 aliphatic heterocycles. The van der Waals surface area contributed by atoms with E-state index in [1.165, 1.54) is 0 Å². The van der Waals surface area contributed by atoms with Crippen molar-refractivity contribution in [3.8, 4) is 0 Å². The van der Waals surface area contributed by atoms with Gasteiger partial charge in [-0.05, 0) is 49.1 Å². The molecule has 0 unspecified atom stereocenters.